The molecule has 2 fully saturated rings. The maximum absolute atomic E-state index is 12.0. The molecule has 1 N–H and O–H groups in total. The van der Waals surface area contributed by atoms with Crippen LogP contribution in [0.1, 0.15) is 61.3 Å². The van der Waals surface area contributed by atoms with Crippen molar-refractivity contribution >= 4 is 23.8 Å². The van der Waals surface area contributed by atoms with Crippen LogP contribution < -0.4 is 5.32 Å². The molecule has 9 atom stereocenters. The van der Waals surface area contributed by atoms with Gasteiger partial charge in [-0.15, -0.1) is 0 Å². The third kappa shape index (κ3) is 6.87. The summed E-state index contributed by atoms with van der Waals surface area (Å²) in [7, 11) is 0. The number of esters is 3. The lowest BCUT2D eigenvalue weighted by molar-refractivity contribution is -0.290. The van der Waals surface area contributed by atoms with Gasteiger partial charge in [0, 0.05) is 27.7 Å². The highest BCUT2D eigenvalue weighted by Gasteiger charge is 2.53. The Morgan fingerprint density at radius 3 is 1.70 bits per heavy atom. The molecule has 11 nitrogen and oxygen atoms in total. The number of carbonyl (C=O) groups excluding carboxylic acids is 4. The van der Waals surface area contributed by atoms with Crippen molar-refractivity contribution in [1.29, 1.82) is 0 Å². The summed E-state index contributed by atoms with van der Waals surface area (Å²) in [5.41, 5.74) is 0. The van der Waals surface area contributed by atoms with E-state index in [1.54, 1.807) is 6.92 Å². The van der Waals surface area contributed by atoms with Crippen molar-refractivity contribution in [3.8, 4) is 0 Å². The van der Waals surface area contributed by atoms with Crippen molar-refractivity contribution in [1.82, 2.24) is 5.32 Å². The van der Waals surface area contributed by atoms with E-state index < -0.39 is 78.9 Å². The predicted molar refractivity (Wildman–Crippen MR) is 113 cm³/mol. The minimum atomic E-state index is -1.10. The molecular formula is C22H35NO10. The highest BCUT2D eigenvalue weighted by atomic mass is 16.7. The summed E-state index contributed by atoms with van der Waals surface area (Å²) in [5, 5.41) is 2.70. The molecule has 0 radical (unpaired) electrons. The average Bonchev–Trinajstić information content (AvgIpc) is 2.99. The van der Waals surface area contributed by atoms with Crippen LogP contribution >= 0.6 is 0 Å². The molecule has 2 aliphatic rings. The Kier molecular flexibility index (Phi) is 9.62. The number of hydrogen-bond acceptors (Lipinski definition) is 10. The molecule has 2 heterocycles. The first-order valence-corrected chi connectivity index (χ1v) is 11.2. The van der Waals surface area contributed by atoms with Gasteiger partial charge in [0.05, 0.1) is 12.2 Å². The van der Waals surface area contributed by atoms with Gasteiger partial charge in [0.1, 0.15) is 18.2 Å². The van der Waals surface area contributed by atoms with Gasteiger partial charge in [-0.3, -0.25) is 19.2 Å². The molecule has 11 heteroatoms. The van der Waals surface area contributed by atoms with E-state index in [9.17, 15) is 19.2 Å². The fraction of sp³-hybridized carbons (Fsp3) is 0.818. The van der Waals surface area contributed by atoms with Crippen molar-refractivity contribution in [2.45, 2.75) is 116 Å². The fourth-order valence-corrected chi connectivity index (χ4v) is 4.31. The van der Waals surface area contributed by atoms with Gasteiger partial charge in [-0.25, -0.2) is 0 Å². The Bertz CT molecular complexity index is 728. The van der Waals surface area contributed by atoms with Crippen molar-refractivity contribution < 1.29 is 47.6 Å². The topological polar surface area (TPSA) is 136 Å². The van der Waals surface area contributed by atoms with Crippen molar-refractivity contribution in [2.24, 2.45) is 0 Å². The van der Waals surface area contributed by atoms with Gasteiger partial charge in [-0.05, 0) is 19.8 Å². The molecule has 188 valence electrons. The minimum absolute atomic E-state index is 0.399. The molecule has 0 bridgehead atoms. The Morgan fingerprint density at radius 1 is 0.727 bits per heavy atom. The van der Waals surface area contributed by atoms with Crippen molar-refractivity contribution in [2.75, 3.05) is 0 Å². The van der Waals surface area contributed by atoms with E-state index in [4.69, 9.17) is 28.4 Å². The average molecular weight is 474 g/mol. The van der Waals surface area contributed by atoms with Crippen LogP contribution in [-0.2, 0) is 47.6 Å². The number of ether oxygens (including phenoxy) is 6. The first-order valence-electron chi connectivity index (χ1n) is 11.2. The number of carbonyl (C=O) groups is 4. The first-order chi connectivity index (χ1) is 15.5. The highest BCUT2D eigenvalue weighted by Crippen LogP contribution is 2.34. The van der Waals surface area contributed by atoms with E-state index in [0.29, 0.717) is 12.8 Å². The zero-order chi connectivity index (χ0) is 24.9. The van der Waals surface area contributed by atoms with Gasteiger partial charge in [0.15, 0.2) is 24.6 Å². The van der Waals surface area contributed by atoms with E-state index in [0.717, 1.165) is 0 Å². The first kappa shape index (κ1) is 27.0. The zero-order valence-electron chi connectivity index (χ0n) is 20.2. The highest BCUT2D eigenvalue weighted by molar-refractivity contribution is 5.73. The molecule has 2 saturated heterocycles. The number of rotatable bonds is 8. The van der Waals surface area contributed by atoms with Crippen molar-refractivity contribution in [3.05, 3.63) is 0 Å². The second-order valence-corrected chi connectivity index (χ2v) is 8.29. The summed E-state index contributed by atoms with van der Waals surface area (Å²) in [4.78, 5) is 47.4. The van der Waals surface area contributed by atoms with Gasteiger partial charge in [0.25, 0.3) is 0 Å². The number of amides is 1. The van der Waals surface area contributed by atoms with Crippen LogP contribution in [-0.4, -0.2) is 78.9 Å². The number of hydrogen-bond donors (Lipinski definition) is 1. The second-order valence-electron chi connectivity index (χ2n) is 8.29. The normalized spacial score (nSPS) is 36.0. The minimum Gasteiger partial charge on any atom is -0.457 e. The second kappa shape index (κ2) is 11.8. The Balaban J connectivity index is 2.42. The smallest absolute Gasteiger partial charge is 0.303 e. The van der Waals surface area contributed by atoms with Gasteiger partial charge < -0.3 is 33.7 Å². The zero-order valence-corrected chi connectivity index (χ0v) is 20.2. The standard InChI is InChI=1S/C22H35NO10/c1-8-15-19(18(10(3)28-15)29-12(5)25)33-22-17(23-11(4)24)21(31-14(7)27)20(30-13(6)26)16(9-2)32-22/h10,15-22H,8-9H2,1-7H3,(H,23,24)/t10?,15-,16+,17-,18+,19-,20-,21-,22-/m1/s1. The lowest BCUT2D eigenvalue weighted by atomic mass is 9.94. The van der Waals surface area contributed by atoms with E-state index in [-0.39, 0.29) is 0 Å². The van der Waals surface area contributed by atoms with E-state index in [2.05, 4.69) is 5.32 Å². The van der Waals surface area contributed by atoms with Gasteiger partial charge >= 0.3 is 17.9 Å². The lowest BCUT2D eigenvalue weighted by Crippen LogP contribution is -2.66. The molecule has 2 aliphatic heterocycles. The van der Waals surface area contributed by atoms with Crippen molar-refractivity contribution in [3.63, 3.8) is 0 Å². The van der Waals surface area contributed by atoms with E-state index in [1.165, 1.54) is 27.7 Å². The molecular weight excluding hydrogens is 438 g/mol. The molecule has 0 aromatic heterocycles. The van der Waals surface area contributed by atoms with Gasteiger partial charge in [-0.2, -0.15) is 0 Å². The maximum Gasteiger partial charge on any atom is 0.303 e. The molecule has 0 aromatic rings. The molecule has 0 aromatic carbocycles. The van der Waals surface area contributed by atoms with Gasteiger partial charge in [-0.1, -0.05) is 13.8 Å². The Labute approximate surface area is 193 Å². The predicted octanol–water partition coefficient (Wildman–Crippen LogP) is 1.00. The van der Waals surface area contributed by atoms with Crippen LogP contribution in [0.4, 0.5) is 0 Å². The lowest BCUT2D eigenvalue weighted by Gasteiger charge is -2.46. The largest absolute Gasteiger partial charge is 0.457 e. The van der Waals surface area contributed by atoms with E-state index in [1.807, 2.05) is 13.8 Å². The summed E-state index contributed by atoms with van der Waals surface area (Å²) in [5.74, 6) is -2.11. The van der Waals surface area contributed by atoms with Crippen LogP contribution in [0.25, 0.3) is 0 Å². The quantitative estimate of drug-likeness (QED) is 0.402. The summed E-state index contributed by atoms with van der Waals surface area (Å²) in [6.45, 7) is 10.6. The molecule has 0 aliphatic carbocycles. The molecule has 0 saturated carbocycles. The summed E-state index contributed by atoms with van der Waals surface area (Å²) in [6, 6.07) is -0.995. The molecule has 33 heavy (non-hydrogen) atoms. The SMILES string of the molecule is CC[C@@H]1O[C@H](O[C@@H]2[C@@H](CC)OC(C)[C@@H]2OC(C)=O)[C@H](NC(C)=O)[C@@H](OC(C)=O)[C@@H]1OC(C)=O. The molecule has 0 spiro atoms. The summed E-state index contributed by atoms with van der Waals surface area (Å²) in [6.07, 6.45) is -5.04. The molecule has 1 amide bonds. The van der Waals surface area contributed by atoms with Crippen LogP contribution in [0.5, 0.6) is 0 Å². The molecule has 2 rings (SSSR count). The van der Waals surface area contributed by atoms with Crippen LogP contribution in [0.3, 0.4) is 0 Å². The summed E-state index contributed by atoms with van der Waals surface area (Å²) >= 11 is 0. The Morgan fingerprint density at radius 2 is 1.21 bits per heavy atom. The van der Waals surface area contributed by atoms with Crippen LogP contribution in [0.2, 0.25) is 0 Å². The third-order valence-electron chi connectivity index (χ3n) is 5.56. The Hall–Kier alpha value is -2.24. The fourth-order valence-electron chi connectivity index (χ4n) is 4.31. The van der Waals surface area contributed by atoms with Crippen LogP contribution in [0.15, 0.2) is 0 Å². The van der Waals surface area contributed by atoms with Gasteiger partial charge in [0.2, 0.25) is 5.91 Å². The monoisotopic (exact) mass is 473 g/mol. The number of nitrogens with one attached hydrogen (secondary N) is 1. The third-order valence-corrected chi connectivity index (χ3v) is 5.56. The molecule has 1 unspecified atom stereocenters. The van der Waals surface area contributed by atoms with E-state index >= 15 is 0 Å². The maximum atomic E-state index is 12.0. The van der Waals surface area contributed by atoms with Crippen LogP contribution in [0, 0.1) is 0 Å². The summed E-state index contributed by atoms with van der Waals surface area (Å²) < 4.78 is 34.7.